The zero-order valence-electron chi connectivity index (χ0n) is 7.71. The molecule has 1 rings (SSSR count). The SMILES string of the molecule is CC(O)C[N+]1(C)CCCCC1. The Morgan fingerprint density at radius 2 is 1.82 bits per heavy atom. The second-order valence-corrected chi connectivity index (χ2v) is 4.16. The first kappa shape index (κ1) is 9.01. The van der Waals surface area contributed by atoms with Crippen molar-refractivity contribution < 1.29 is 9.59 Å². The summed E-state index contributed by atoms with van der Waals surface area (Å²) in [6.45, 7) is 5.33. The Bertz CT molecular complexity index is 117. The molecule has 1 saturated heterocycles. The van der Waals surface area contributed by atoms with Gasteiger partial charge in [-0.15, -0.1) is 0 Å². The Morgan fingerprint density at radius 3 is 2.27 bits per heavy atom. The van der Waals surface area contributed by atoms with Gasteiger partial charge in [-0.3, -0.25) is 0 Å². The molecule has 1 unspecified atom stereocenters. The van der Waals surface area contributed by atoms with Gasteiger partial charge in [-0.1, -0.05) is 0 Å². The lowest BCUT2D eigenvalue weighted by molar-refractivity contribution is -0.916. The van der Waals surface area contributed by atoms with E-state index in [0.29, 0.717) is 0 Å². The predicted octanol–water partition coefficient (Wildman–Crippen LogP) is 0.998. The van der Waals surface area contributed by atoms with Gasteiger partial charge in [0.15, 0.2) is 0 Å². The van der Waals surface area contributed by atoms with Gasteiger partial charge in [0.05, 0.1) is 20.1 Å². The molecule has 0 radical (unpaired) electrons. The van der Waals surface area contributed by atoms with E-state index in [9.17, 15) is 5.11 Å². The average molecular weight is 158 g/mol. The van der Waals surface area contributed by atoms with Crippen LogP contribution in [0.4, 0.5) is 0 Å². The number of quaternary nitrogens is 1. The highest BCUT2D eigenvalue weighted by molar-refractivity contribution is 4.53. The van der Waals surface area contributed by atoms with Crippen molar-refractivity contribution in [1.82, 2.24) is 0 Å². The van der Waals surface area contributed by atoms with Crippen LogP contribution in [-0.2, 0) is 0 Å². The molecule has 1 aliphatic rings. The van der Waals surface area contributed by atoms with Crippen molar-refractivity contribution in [2.45, 2.75) is 32.3 Å². The summed E-state index contributed by atoms with van der Waals surface area (Å²) in [7, 11) is 2.26. The maximum atomic E-state index is 9.25. The smallest absolute Gasteiger partial charge is 0.104 e. The second kappa shape index (κ2) is 3.55. The number of aliphatic hydroxyl groups is 1. The van der Waals surface area contributed by atoms with Crippen LogP contribution in [0.2, 0.25) is 0 Å². The number of nitrogens with zero attached hydrogens (tertiary/aromatic N) is 1. The van der Waals surface area contributed by atoms with Crippen LogP contribution < -0.4 is 0 Å². The maximum Gasteiger partial charge on any atom is 0.104 e. The molecule has 2 heteroatoms. The number of aliphatic hydroxyl groups excluding tert-OH is 1. The van der Waals surface area contributed by atoms with Gasteiger partial charge < -0.3 is 9.59 Å². The van der Waals surface area contributed by atoms with Crippen molar-refractivity contribution in [2.75, 3.05) is 26.7 Å². The lowest BCUT2D eigenvalue weighted by Crippen LogP contribution is -2.51. The standard InChI is InChI=1S/C9H20NO/c1-9(11)8-10(2)6-4-3-5-7-10/h9,11H,3-8H2,1-2H3/q+1. The van der Waals surface area contributed by atoms with Crippen molar-refractivity contribution in [3.05, 3.63) is 0 Å². The summed E-state index contributed by atoms with van der Waals surface area (Å²) < 4.78 is 1.08. The number of piperidine rings is 1. The quantitative estimate of drug-likeness (QED) is 0.594. The summed E-state index contributed by atoms with van der Waals surface area (Å²) in [4.78, 5) is 0. The summed E-state index contributed by atoms with van der Waals surface area (Å²) >= 11 is 0. The predicted molar refractivity (Wildman–Crippen MR) is 46.3 cm³/mol. The molecule has 0 bridgehead atoms. The van der Waals surface area contributed by atoms with Gasteiger partial charge in [0.25, 0.3) is 0 Å². The van der Waals surface area contributed by atoms with E-state index in [0.717, 1.165) is 11.0 Å². The van der Waals surface area contributed by atoms with E-state index < -0.39 is 0 Å². The van der Waals surface area contributed by atoms with E-state index >= 15 is 0 Å². The number of hydrogen-bond donors (Lipinski definition) is 1. The van der Waals surface area contributed by atoms with Gasteiger partial charge >= 0.3 is 0 Å². The van der Waals surface area contributed by atoms with Gasteiger partial charge in [0.1, 0.15) is 12.6 Å². The van der Waals surface area contributed by atoms with E-state index in [-0.39, 0.29) is 6.10 Å². The van der Waals surface area contributed by atoms with Crippen LogP contribution in [0, 0.1) is 0 Å². The minimum Gasteiger partial charge on any atom is -0.388 e. The average Bonchev–Trinajstić information content (AvgIpc) is 1.85. The number of rotatable bonds is 2. The fourth-order valence-electron chi connectivity index (χ4n) is 2.10. The van der Waals surface area contributed by atoms with E-state index in [1.165, 1.54) is 32.4 Å². The van der Waals surface area contributed by atoms with E-state index in [1.54, 1.807) is 0 Å². The summed E-state index contributed by atoms with van der Waals surface area (Å²) in [5.74, 6) is 0. The Kier molecular flexibility index (Phi) is 2.90. The van der Waals surface area contributed by atoms with Crippen LogP contribution in [0.3, 0.4) is 0 Å². The van der Waals surface area contributed by atoms with Crippen molar-refractivity contribution in [3.8, 4) is 0 Å². The molecule has 0 amide bonds. The molecule has 0 aromatic carbocycles. The van der Waals surface area contributed by atoms with Crippen LogP contribution in [0.25, 0.3) is 0 Å². The molecule has 0 aliphatic carbocycles. The third-order valence-electron chi connectivity index (χ3n) is 2.60. The third kappa shape index (κ3) is 2.80. The highest BCUT2D eigenvalue weighted by Gasteiger charge is 2.25. The lowest BCUT2D eigenvalue weighted by Gasteiger charge is -2.38. The number of likely N-dealkylation sites (tertiary alicyclic amines) is 1. The minimum atomic E-state index is -0.141. The lowest BCUT2D eigenvalue weighted by atomic mass is 10.1. The molecule has 0 aromatic rings. The molecule has 1 N–H and O–H groups in total. The first-order valence-corrected chi connectivity index (χ1v) is 4.64. The zero-order valence-corrected chi connectivity index (χ0v) is 7.71. The molecule has 1 aliphatic heterocycles. The summed E-state index contributed by atoms with van der Waals surface area (Å²) in [5.41, 5.74) is 0. The highest BCUT2D eigenvalue weighted by atomic mass is 16.3. The van der Waals surface area contributed by atoms with Crippen molar-refractivity contribution in [2.24, 2.45) is 0 Å². The Morgan fingerprint density at radius 1 is 1.27 bits per heavy atom. The topological polar surface area (TPSA) is 20.2 Å². The van der Waals surface area contributed by atoms with Crippen molar-refractivity contribution in [3.63, 3.8) is 0 Å². The second-order valence-electron chi connectivity index (χ2n) is 4.16. The first-order chi connectivity index (χ1) is 5.12. The first-order valence-electron chi connectivity index (χ1n) is 4.64. The van der Waals surface area contributed by atoms with Gasteiger partial charge in [0.2, 0.25) is 0 Å². The Hall–Kier alpha value is -0.0800. The summed E-state index contributed by atoms with van der Waals surface area (Å²) in [6, 6.07) is 0. The zero-order chi connectivity index (χ0) is 8.32. The Balaban J connectivity index is 2.37. The summed E-state index contributed by atoms with van der Waals surface area (Å²) in [6.07, 6.45) is 3.91. The third-order valence-corrected chi connectivity index (χ3v) is 2.60. The monoisotopic (exact) mass is 158 g/mol. The van der Waals surface area contributed by atoms with Gasteiger partial charge in [-0.2, -0.15) is 0 Å². The van der Waals surface area contributed by atoms with E-state index in [1.807, 2.05) is 6.92 Å². The fraction of sp³-hybridized carbons (Fsp3) is 1.00. The maximum absolute atomic E-state index is 9.25. The highest BCUT2D eigenvalue weighted by Crippen LogP contribution is 2.16. The van der Waals surface area contributed by atoms with Crippen LogP contribution >= 0.6 is 0 Å². The molecule has 66 valence electrons. The Labute approximate surface area is 69.4 Å². The molecular formula is C9H20NO+. The summed E-state index contributed by atoms with van der Waals surface area (Å²) in [5, 5.41) is 9.25. The van der Waals surface area contributed by atoms with Crippen molar-refractivity contribution >= 4 is 0 Å². The van der Waals surface area contributed by atoms with Crippen molar-refractivity contribution in [1.29, 1.82) is 0 Å². The number of hydrogen-bond acceptors (Lipinski definition) is 1. The van der Waals surface area contributed by atoms with Crippen LogP contribution in [0.1, 0.15) is 26.2 Å². The van der Waals surface area contributed by atoms with Gasteiger partial charge in [0, 0.05) is 0 Å². The minimum absolute atomic E-state index is 0.141. The molecule has 0 aromatic heterocycles. The molecule has 1 heterocycles. The fourth-order valence-corrected chi connectivity index (χ4v) is 2.10. The van der Waals surface area contributed by atoms with Gasteiger partial charge in [-0.05, 0) is 26.2 Å². The van der Waals surface area contributed by atoms with Crippen LogP contribution in [-0.4, -0.2) is 42.4 Å². The molecule has 1 atom stereocenters. The molecule has 1 fully saturated rings. The van der Waals surface area contributed by atoms with Crippen LogP contribution in [0.5, 0.6) is 0 Å². The van der Waals surface area contributed by atoms with E-state index in [4.69, 9.17) is 0 Å². The van der Waals surface area contributed by atoms with E-state index in [2.05, 4.69) is 7.05 Å². The molecule has 0 saturated carbocycles. The molecule has 2 nitrogen and oxygen atoms in total. The number of likely N-dealkylation sites (N-methyl/N-ethyl adjacent to an activating group) is 1. The molecular weight excluding hydrogens is 138 g/mol. The molecule has 0 spiro atoms. The largest absolute Gasteiger partial charge is 0.388 e. The van der Waals surface area contributed by atoms with Crippen LogP contribution in [0.15, 0.2) is 0 Å². The van der Waals surface area contributed by atoms with Gasteiger partial charge in [-0.25, -0.2) is 0 Å². The molecule has 11 heavy (non-hydrogen) atoms. The normalized spacial score (nSPS) is 26.5.